The SMILES string of the molecule is CC(C)COC(=O)Oc1ccc2ccccc2c1OC(=O)OCC(C)C. The van der Waals surface area contributed by atoms with E-state index in [0.29, 0.717) is 5.39 Å². The van der Waals surface area contributed by atoms with E-state index in [1.807, 2.05) is 39.8 Å². The number of rotatable bonds is 6. The van der Waals surface area contributed by atoms with Gasteiger partial charge < -0.3 is 18.9 Å². The maximum absolute atomic E-state index is 12.0. The number of carbonyl (C=O) groups is 2. The standard InChI is InChI=1S/C20H24O6/c1-13(2)11-23-19(21)25-17-10-9-15-7-5-6-8-16(15)18(17)26-20(22)24-12-14(3)4/h5-10,13-14H,11-12H2,1-4H3. The highest BCUT2D eigenvalue weighted by atomic mass is 16.7. The third-order valence-electron chi connectivity index (χ3n) is 3.29. The van der Waals surface area contributed by atoms with Crippen molar-refractivity contribution in [2.24, 2.45) is 11.8 Å². The van der Waals surface area contributed by atoms with Crippen LogP contribution >= 0.6 is 0 Å². The molecule has 0 amide bonds. The van der Waals surface area contributed by atoms with Gasteiger partial charge in [0.1, 0.15) is 0 Å². The van der Waals surface area contributed by atoms with Crippen molar-refractivity contribution in [3.8, 4) is 11.5 Å². The van der Waals surface area contributed by atoms with Crippen LogP contribution in [0.3, 0.4) is 0 Å². The van der Waals surface area contributed by atoms with Gasteiger partial charge in [-0.2, -0.15) is 0 Å². The Kier molecular flexibility index (Phi) is 6.83. The van der Waals surface area contributed by atoms with Gasteiger partial charge in [-0.3, -0.25) is 0 Å². The lowest BCUT2D eigenvalue weighted by atomic mass is 10.1. The Hall–Kier alpha value is -2.76. The van der Waals surface area contributed by atoms with Crippen LogP contribution in [-0.2, 0) is 9.47 Å². The molecule has 0 spiro atoms. The fourth-order valence-corrected chi connectivity index (χ4v) is 2.11. The molecular weight excluding hydrogens is 336 g/mol. The summed E-state index contributed by atoms with van der Waals surface area (Å²) in [5.74, 6) is 0.579. The van der Waals surface area contributed by atoms with Crippen molar-refractivity contribution >= 4 is 23.1 Å². The summed E-state index contributed by atoms with van der Waals surface area (Å²) in [4.78, 5) is 23.9. The molecule has 0 atom stereocenters. The fraction of sp³-hybridized carbons (Fsp3) is 0.400. The van der Waals surface area contributed by atoms with Crippen molar-refractivity contribution in [3.63, 3.8) is 0 Å². The van der Waals surface area contributed by atoms with Crippen LogP contribution in [0.5, 0.6) is 11.5 Å². The normalized spacial score (nSPS) is 10.8. The first-order valence-corrected chi connectivity index (χ1v) is 8.57. The lowest BCUT2D eigenvalue weighted by Gasteiger charge is -2.14. The first-order valence-electron chi connectivity index (χ1n) is 8.57. The predicted molar refractivity (Wildman–Crippen MR) is 97.6 cm³/mol. The summed E-state index contributed by atoms with van der Waals surface area (Å²) in [6, 6.07) is 10.6. The lowest BCUT2D eigenvalue weighted by molar-refractivity contribution is 0.0799. The molecule has 0 bridgehead atoms. The van der Waals surface area contributed by atoms with E-state index in [1.54, 1.807) is 24.3 Å². The van der Waals surface area contributed by atoms with Gasteiger partial charge in [-0.15, -0.1) is 0 Å². The molecule has 26 heavy (non-hydrogen) atoms. The molecule has 2 aromatic rings. The number of ether oxygens (including phenoxy) is 4. The Balaban J connectivity index is 2.25. The molecule has 140 valence electrons. The van der Waals surface area contributed by atoms with Crippen molar-refractivity contribution in [3.05, 3.63) is 36.4 Å². The number of carbonyl (C=O) groups excluding carboxylic acids is 2. The minimum atomic E-state index is -0.852. The Bertz CT molecular complexity index is 766. The molecule has 6 nitrogen and oxygen atoms in total. The Morgan fingerprint density at radius 2 is 1.38 bits per heavy atom. The van der Waals surface area contributed by atoms with Crippen LogP contribution in [0.1, 0.15) is 27.7 Å². The van der Waals surface area contributed by atoms with Crippen LogP contribution in [0.15, 0.2) is 36.4 Å². The zero-order valence-corrected chi connectivity index (χ0v) is 15.5. The van der Waals surface area contributed by atoms with Crippen molar-refractivity contribution in [1.82, 2.24) is 0 Å². The minimum Gasteiger partial charge on any atom is -0.434 e. The van der Waals surface area contributed by atoms with Crippen molar-refractivity contribution < 1.29 is 28.5 Å². The molecule has 0 saturated heterocycles. The number of fused-ring (bicyclic) bond motifs is 1. The topological polar surface area (TPSA) is 71.1 Å². The molecule has 2 aromatic carbocycles. The number of hydrogen-bond donors (Lipinski definition) is 0. The van der Waals surface area contributed by atoms with Crippen LogP contribution in [0.4, 0.5) is 9.59 Å². The molecule has 0 aliphatic carbocycles. The fourth-order valence-electron chi connectivity index (χ4n) is 2.11. The highest BCUT2D eigenvalue weighted by molar-refractivity contribution is 5.93. The van der Waals surface area contributed by atoms with Gasteiger partial charge >= 0.3 is 12.3 Å². The Morgan fingerprint density at radius 1 is 0.808 bits per heavy atom. The number of hydrogen-bond acceptors (Lipinski definition) is 6. The second-order valence-electron chi connectivity index (χ2n) is 6.73. The minimum absolute atomic E-state index is 0.0963. The second-order valence-corrected chi connectivity index (χ2v) is 6.73. The summed E-state index contributed by atoms with van der Waals surface area (Å²) in [7, 11) is 0. The van der Waals surface area contributed by atoms with Gasteiger partial charge in [-0.1, -0.05) is 58.0 Å². The quantitative estimate of drug-likeness (QED) is 0.522. The van der Waals surface area contributed by atoms with Crippen molar-refractivity contribution in [2.45, 2.75) is 27.7 Å². The molecule has 6 heteroatoms. The van der Waals surface area contributed by atoms with Gasteiger partial charge in [-0.05, 0) is 23.3 Å². The monoisotopic (exact) mass is 360 g/mol. The summed E-state index contributed by atoms with van der Waals surface area (Å²) >= 11 is 0. The molecule has 0 saturated carbocycles. The average molecular weight is 360 g/mol. The maximum Gasteiger partial charge on any atom is 0.514 e. The van der Waals surface area contributed by atoms with E-state index in [-0.39, 0.29) is 36.5 Å². The smallest absolute Gasteiger partial charge is 0.434 e. The van der Waals surface area contributed by atoms with Crippen LogP contribution in [0.25, 0.3) is 10.8 Å². The summed E-state index contributed by atoms with van der Waals surface area (Å²) in [6.45, 7) is 8.15. The van der Waals surface area contributed by atoms with Crippen molar-refractivity contribution in [1.29, 1.82) is 0 Å². The van der Waals surface area contributed by atoms with E-state index in [1.165, 1.54) is 0 Å². The predicted octanol–water partition coefficient (Wildman–Crippen LogP) is 5.18. The highest BCUT2D eigenvalue weighted by Crippen LogP contribution is 2.36. The highest BCUT2D eigenvalue weighted by Gasteiger charge is 2.19. The molecule has 0 aliphatic heterocycles. The number of benzene rings is 2. The molecule has 0 N–H and O–H groups in total. The average Bonchev–Trinajstić information content (AvgIpc) is 2.60. The first kappa shape index (κ1) is 19.6. The molecular formula is C20H24O6. The second kappa shape index (κ2) is 9.08. The van der Waals surface area contributed by atoms with Crippen molar-refractivity contribution in [2.75, 3.05) is 13.2 Å². The van der Waals surface area contributed by atoms with Crippen LogP contribution in [-0.4, -0.2) is 25.5 Å². The summed E-state index contributed by atoms with van der Waals surface area (Å²) in [5, 5.41) is 1.46. The zero-order chi connectivity index (χ0) is 19.1. The van der Waals surface area contributed by atoms with Gasteiger partial charge in [0.15, 0.2) is 11.5 Å². The van der Waals surface area contributed by atoms with Crippen LogP contribution in [0.2, 0.25) is 0 Å². The molecule has 0 unspecified atom stereocenters. The van der Waals surface area contributed by atoms with E-state index < -0.39 is 12.3 Å². The molecule has 0 fully saturated rings. The van der Waals surface area contributed by atoms with E-state index in [4.69, 9.17) is 18.9 Å². The molecule has 0 heterocycles. The largest absolute Gasteiger partial charge is 0.514 e. The van der Waals surface area contributed by atoms with Crippen LogP contribution < -0.4 is 9.47 Å². The third-order valence-corrected chi connectivity index (χ3v) is 3.29. The van der Waals surface area contributed by atoms with E-state index in [2.05, 4.69) is 0 Å². The summed E-state index contributed by atoms with van der Waals surface area (Å²) in [5.41, 5.74) is 0. The summed E-state index contributed by atoms with van der Waals surface area (Å²) < 4.78 is 20.7. The van der Waals surface area contributed by atoms with Crippen LogP contribution in [0, 0.1) is 11.8 Å². The summed E-state index contributed by atoms with van der Waals surface area (Å²) in [6.07, 6.45) is -1.70. The Morgan fingerprint density at radius 3 is 2.00 bits per heavy atom. The van der Waals surface area contributed by atoms with Gasteiger partial charge in [0, 0.05) is 5.39 Å². The van der Waals surface area contributed by atoms with E-state index in [9.17, 15) is 9.59 Å². The van der Waals surface area contributed by atoms with Gasteiger partial charge in [-0.25, -0.2) is 9.59 Å². The van der Waals surface area contributed by atoms with Gasteiger partial charge in [0.2, 0.25) is 0 Å². The molecule has 0 aromatic heterocycles. The third kappa shape index (κ3) is 5.65. The van der Waals surface area contributed by atoms with E-state index >= 15 is 0 Å². The Labute approximate surface area is 153 Å². The van der Waals surface area contributed by atoms with E-state index in [0.717, 1.165) is 5.39 Å². The van der Waals surface area contributed by atoms with Gasteiger partial charge in [0.05, 0.1) is 13.2 Å². The zero-order valence-electron chi connectivity index (χ0n) is 15.5. The first-order chi connectivity index (χ1) is 12.4. The van der Waals surface area contributed by atoms with Gasteiger partial charge in [0.25, 0.3) is 0 Å². The maximum atomic E-state index is 12.0. The molecule has 0 radical (unpaired) electrons. The lowest BCUT2D eigenvalue weighted by Crippen LogP contribution is -2.17. The molecule has 0 aliphatic rings. The molecule has 2 rings (SSSR count).